The summed E-state index contributed by atoms with van der Waals surface area (Å²) in [5.74, 6) is 0.624. The lowest BCUT2D eigenvalue weighted by atomic mass is 9.96. The van der Waals surface area contributed by atoms with Gasteiger partial charge >= 0.3 is 0 Å². The van der Waals surface area contributed by atoms with Crippen molar-refractivity contribution < 1.29 is 4.79 Å². The Hall–Kier alpha value is -1.43. The van der Waals surface area contributed by atoms with Crippen LogP contribution in [0.1, 0.15) is 28.8 Å². The summed E-state index contributed by atoms with van der Waals surface area (Å²) in [7, 11) is 0. The standard InChI is InChI=1S/C22H28N2OS2/c1-26-20-9-5-3-7-18(20)16-24-13-11-17(12-14-24)15-23-22(25)19-8-4-6-10-21(19)27-2/h3-10,17H,11-16H2,1-2H3,(H,23,25). The molecular formula is C22H28N2OS2. The van der Waals surface area contributed by atoms with E-state index in [0.717, 1.165) is 49.5 Å². The van der Waals surface area contributed by atoms with Crippen molar-refractivity contribution in [1.29, 1.82) is 0 Å². The van der Waals surface area contributed by atoms with Crippen molar-refractivity contribution >= 4 is 29.4 Å². The lowest BCUT2D eigenvalue weighted by Gasteiger charge is -2.32. The second-order valence-corrected chi connectivity index (χ2v) is 8.64. The third kappa shape index (κ3) is 5.53. The van der Waals surface area contributed by atoms with E-state index in [9.17, 15) is 4.79 Å². The molecule has 1 amide bonds. The summed E-state index contributed by atoms with van der Waals surface area (Å²) in [5, 5.41) is 3.15. The van der Waals surface area contributed by atoms with Gasteiger partial charge in [0, 0.05) is 22.9 Å². The van der Waals surface area contributed by atoms with Gasteiger partial charge in [0.2, 0.25) is 0 Å². The van der Waals surface area contributed by atoms with Crippen LogP contribution in [0, 0.1) is 5.92 Å². The third-order valence-electron chi connectivity index (χ3n) is 5.20. The SMILES string of the molecule is CSc1ccccc1CN1CCC(CNC(=O)c2ccccc2SC)CC1. The highest BCUT2D eigenvalue weighted by molar-refractivity contribution is 7.98. The highest BCUT2D eigenvalue weighted by atomic mass is 32.2. The monoisotopic (exact) mass is 400 g/mol. The number of benzene rings is 2. The number of rotatable bonds is 7. The van der Waals surface area contributed by atoms with Crippen LogP contribution in [0.15, 0.2) is 58.3 Å². The molecular weight excluding hydrogens is 372 g/mol. The first kappa shape index (κ1) is 20.3. The van der Waals surface area contributed by atoms with Gasteiger partial charge in [-0.3, -0.25) is 9.69 Å². The number of carbonyl (C=O) groups is 1. The summed E-state index contributed by atoms with van der Waals surface area (Å²) >= 11 is 3.44. The van der Waals surface area contributed by atoms with Crippen molar-refractivity contribution in [2.45, 2.75) is 29.2 Å². The van der Waals surface area contributed by atoms with E-state index in [0.29, 0.717) is 5.92 Å². The molecule has 3 rings (SSSR count). The van der Waals surface area contributed by atoms with Crippen LogP contribution < -0.4 is 5.32 Å². The van der Waals surface area contributed by atoms with Crippen LogP contribution in [0.4, 0.5) is 0 Å². The zero-order chi connectivity index (χ0) is 19.1. The summed E-state index contributed by atoms with van der Waals surface area (Å²) in [5.41, 5.74) is 2.21. The minimum atomic E-state index is 0.0521. The van der Waals surface area contributed by atoms with Crippen molar-refractivity contribution in [2.75, 3.05) is 32.1 Å². The Morgan fingerprint density at radius 2 is 1.63 bits per heavy atom. The molecule has 0 saturated carbocycles. The number of nitrogens with one attached hydrogen (secondary N) is 1. The number of carbonyl (C=O) groups excluding carboxylic acids is 1. The molecule has 0 bridgehead atoms. The molecule has 0 aromatic heterocycles. The minimum Gasteiger partial charge on any atom is -0.352 e. The van der Waals surface area contributed by atoms with Gasteiger partial charge in [-0.25, -0.2) is 0 Å². The van der Waals surface area contributed by atoms with Crippen LogP contribution >= 0.6 is 23.5 Å². The highest BCUT2D eigenvalue weighted by Gasteiger charge is 2.21. The maximum atomic E-state index is 12.5. The Labute approximate surface area is 171 Å². The normalized spacial score (nSPS) is 15.6. The smallest absolute Gasteiger partial charge is 0.252 e. The van der Waals surface area contributed by atoms with Gasteiger partial charge in [-0.1, -0.05) is 30.3 Å². The zero-order valence-corrected chi connectivity index (χ0v) is 17.7. The summed E-state index contributed by atoms with van der Waals surface area (Å²) in [6, 6.07) is 16.5. The van der Waals surface area contributed by atoms with Crippen molar-refractivity contribution in [3.8, 4) is 0 Å². The quantitative estimate of drug-likeness (QED) is 0.679. The Kier molecular flexibility index (Phi) is 7.68. The molecule has 0 radical (unpaired) electrons. The van der Waals surface area contributed by atoms with Gasteiger partial charge in [0.05, 0.1) is 5.56 Å². The maximum Gasteiger partial charge on any atom is 0.252 e. The number of hydrogen-bond donors (Lipinski definition) is 1. The molecule has 0 unspecified atom stereocenters. The van der Waals surface area contributed by atoms with E-state index in [1.165, 1.54) is 10.5 Å². The van der Waals surface area contributed by atoms with Gasteiger partial charge in [0.1, 0.15) is 0 Å². The van der Waals surface area contributed by atoms with Crippen LogP contribution in [0.2, 0.25) is 0 Å². The molecule has 5 heteroatoms. The number of amides is 1. The fourth-order valence-corrected chi connectivity index (χ4v) is 4.79. The van der Waals surface area contributed by atoms with E-state index in [2.05, 4.69) is 40.7 Å². The van der Waals surface area contributed by atoms with Crippen molar-refractivity contribution in [3.05, 3.63) is 59.7 Å². The predicted molar refractivity (Wildman–Crippen MR) is 117 cm³/mol. The molecule has 1 N–H and O–H groups in total. The van der Waals surface area contributed by atoms with E-state index >= 15 is 0 Å². The topological polar surface area (TPSA) is 32.3 Å². The minimum absolute atomic E-state index is 0.0521. The maximum absolute atomic E-state index is 12.5. The van der Waals surface area contributed by atoms with E-state index < -0.39 is 0 Å². The number of thioether (sulfide) groups is 2. The van der Waals surface area contributed by atoms with Crippen molar-refractivity contribution in [1.82, 2.24) is 10.2 Å². The third-order valence-corrected chi connectivity index (χ3v) is 6.83. The Morgan fingerprint density at radius 1 is 1.00 bits per heavy atom. The molecule has 2 aromatic rings. The highest BCUT2D eigenvalue weighted by Crippen LogP contribution is 2.24. The van der Waals surface area contributed by atoms with Crippen molar-refractivity contribution in [2.24, 2.45) is 5.92 Å². The first-order valence-corrected chi connectivity index (χ1v) is 11.9. The Morgan fingerprint density at radius 3 is 2.33 bits per heavy atom. The molecule has 0 atom stereocenters. The Bertz CT molecular complexity index is 757. The van der Waals surface area contributed by atoms with Crippen LogP contribution in [0.3, 0.4) is 0 Å². The lowest BCUT2D eigenvalue weighted by Crippen LogP contribution is -2.38. The molecule has 2 aromatic carbocycles. The van der Waals surface area contributed by atoms with Gasteiger partial charge in [-0.05, 0) is 68.1 Å². The van der Waals surface area contributed by atoms with Crippen LogP contribution in [0.25, 0.3) is 0 Å². The van der Waals surface area contributed by atoms with Crippen LogP contribution in [-0.4, -0.2) is 43.0 Å². The summed E-state index contributed by atoms with van der Waals surface area (Å²) in [6.07, 6.45) is 6.44. The second-order valence-electron chi connectivity index (χ2n) is 6.94. The Balaban J connectivity index is 1.46. The lowest BCUT2D eigenvalue weighted by molar-refractivity contribution is 0.0932. The molecule has 1 aliphatic rings. The van der Waals surface area contributed by atoms with Gasteiger partial charge in [-0.2, -0.15) is 0 Å². The van der Waals surface area contributed by atoms with E-state index in [4.69, 9.17) is 0 Å². The predicted octanol–water partition coefficient (Wildman–Crippen LogP) is 4.77. The summed E-state index contributed by atoms with van der Waals surface area (Å²) in [6.45, 7) is 4.00. The molecule has 3 nitrogen and oxygen atoms in total. The van der Waals surface area contributed by atoms with E-state index in [1.807, 2.05) is 42.3 Å². The van der Waals surface area contributed by atoms with E-state index in [-0.39, 0.29) is 5.91 Å². The first-order chi connectivity index (χ1) is 13.2. The molecule has 1 aliphatic heterocycles. The second kappa shape index (κ2) is 10.2. The fourth-order valence-electron chi connectivity index (χ4n) is 3.59. The van der Waals surface area contributed by atoms with Crippen LogP contribution in [0.5, 0.6) is 0 Å². The number of piperidine rings is 1. The summed E-state index contributed by atoms with van der Waals surface area (Å²) < 4.78 is 0. The summed E-state index contributed by atoms with van der Waals surface area (Å²) in [4.78, 5) is 17.5. The molecule has 0 aliphatic carbocycles. The van der Waals surface area contributed by atoms with Gasteiger partial charge in [0.25, 0.3) is 5.91 Å². The average molecular weight is 401 g/mol. The average Bonchev–Trinajstić information content (AvgIpc) is 2.73. The van der Waals surface area contributed by atoms with Gasteiger partial charge in [-0.15, -0.1) is 23.5 Å². The van der Waals surface area contributed by atoms with E-state index in [1.54, 1.807) is 11.8 Å². The van der Waals surface area contributed by atoms with Crippen molar-refractivity contribution in [3.63, 3.8) is 0 Å². The molecule has 1 saturated heterocycles. The molecule has 144 valence electrons. The molecule has 27 heavy (non-hydrogen) atoms. The van der Waals surface area contributed by atoms with Gasteiger partial charge in [0.15, 0.2) is 0 Å². The first-order valence-electron chi connectivity index (χ1n) is 9.46. The molecule has 0 spiro atoms. The molecule has 1 fully saturated rings. The van der Waals surface area contributed by atoms with Crippen LogP contribution in [-0.2, 0) is 6.54 Å². The number of likely N-dealkylation sites (tertiary alicyclic amines) is 1. The zero-order valence-electron chi connectivity index (χ0n) is 16.1. The number of nitrogens with zero attached hydrogens (tertiary/aromatic N) is 1. The van der Waals surface area contributed by atoms with Gasteiger partial charge < -0.3 is 5.32 Å². The molecule has 1 heterocycles. The number of hydrogen-bond acceptors (Lipinski definition) is 4. The fraction of sp³-hybridized carbons (Fsp3) is 0.409. The largest absolute Gasteiger partial charge is 0.352 e.